The number of para-hydroxylation sites is 1. The molecular weight excluding hydrogens is 264 g/mol. The van der Waals surface area contributed by atoms with Crippen molar-refractivity contribution < 1.29 is 4.79 Å². The van der Waals surface area contributed by atoms with Crippen LogP contribution in [0.2, 0.25) is 0 Å². The molecule has 21 heavy (non-hydrogen) atoms. The van der Waals surface area contributed by atoms with Crippen LogP contribution in [-0.2, 0) is 17.8 Å². The average Bonchev–Trinajstić information content (AvgIpc) is 3.14. The number of nitrogens with one attached hydrogen (secondary N) is 2. The van der Waals surface area contributed by atoms with Crippen LogP contribution in [0.4, 0.5) is 0 Å². The predicted molar refractivity (Wildman–Crippen MR) is 81.9 cm³/mol. The Morgan fingerprint density at radius 1 is 1.29 bits per heavy atom. The molecule has 0 aliphatic carbocycles. The lowest BCUT2D eigenvalue weighted by Gasteiger charge is -2.04. The van der Waals surface area contributed by atoms with Gasteiger partial charge in [-0.05, 0) is 23.6 Å². The van der Waals surface area contributed by atoms with Gasteiger partial charge >= 0.3 is 0 Å². The summed E-state index contributed by atoms with van der Waals surface area (Å²) in [5, 5.41) is 8.22. The summed E-state index contributed by atoms with van der Waals surface area (Å²) >= 11 is 0. The average molecular weight is 282 g/mol. The number of nitrogens with zero attached hydrogens (tertiary/aromatic N) is 2. The molecule has 0 saturated heterocycles. The Labute approximate surface area is 123 Å². The molecule has 1 aromatic carbocycles. The third-order valence-electron chi connectivity index (χ3n) is 3.43. The van der Waals surface area contributed by atoms with Crippen molar-refractivity contribution in [2.45, 2.75) is 19.4 Å². The molecule has 0 radical (unpaired) electrons. The number of aromatic amines is 1. The topological polar surface area (TPSA) is 62.7 Å². The molecule has 2 heterocycles. The van der Waals surface area contributed by atoms with Crippen molar-refractivity contribution >= 4 is 16.8 Å². The maximum Gasteiger partial charge on any atom is 0.221 e. The van der Waals surface area contributed by atoms with Crippen molar-refractivity contribution in [1.82, 2.24) is 20.1 Å². The molecule has 3 rings (SSSR count). The van der Waals surface area contributed by atoms with Crippen molar-refractivity contribution in [3.63, 3.8) is 0 Å². The number of aromatic nitrogens is 3. The first-order valence-corrected chi connectivity index (χ1v) is 7.12. The predicted octanol–water partition coefficient (Wildman–Crippen LogP) is 2.11. The van der Waals surface area contributed by atoms with Gasteiger partial charge in [0.1, 0.15) is 0 Å². The number of carbonyl (C=O) groups excluding carboxylic acids is 1. The van der Waals surface area contributed by atoms with Crippen LogP contribution < -0.4 is 5.32 Å². The molecule has 0 bridgehead atoms. The second-order valence-corrected chi connectivity index (χ2v) is 5.00. The third kappa shape index (κ3) is 3.51. The van der Waals surface area contributed by atoms with E-state index in [2.05, 4.69) is 33.6 Å². The number of hydrogen-bond acceptors (Lipinski definition) is 2. The highest BCUT2D eigenvalue weighted by atomic mass is 16.1. The zero-order valence-corrected chi connectivity index (χ0v) is 11.7. The molecule has 2 aromatic heterocycles. The molecule has 0 atom stereocenters. The fourth-order valence-electron chi connectivity index (χ4n) is 2.34. The minimum absolute atomic E-state index is 0.0570. The minimum atomic E-state index is 0.0570. The lowest BCUT2D eigenvalue weighted by atomic mass is 10.2. The van der Waals surface area contributed by atoms with Gasteiger partial charge in [-0.15, -0.1) is 0 Å². The van der Waals surface area contributed by atoms with Crippen LogP contribution in [0.25, 0.3) is 10.9 Å². The molecule has 0 aliphatic rings. The van der Waals surface area contributed by atoms with E-state index in [1.807, 2.05) is 24.4 Å². The standard InChI is InChI=1S/C16H18N4O/c21-16(7-11-20-10-3-8-18-20)17-9-6-14-12-13-4-1-2-5-15(13)19-14/h1-5,8,10,12,19H,6-7,9,11H2,(H,17,21). The molecule has 0 unspecified atom stereocenters. The summed E-state index contributed by atoms with van der Waals surface area (Å²) in [6.45, 7) is 1.26. The molecule has 5 nitrogen and oxygen atoms in total. The summed E-state index contributed by atoms with van der Waals surface area (Å²) in [6, 6.07) is 12.2. The maximum absolute atomic E-state index is 11.7. The fraction of sp³-hybridized carbons (Fsp3) is 0.250. The molecular formula is C16H18N4O. The van der Waals surface area contributed by atoms with E-state index in [1.54, 1.807) is 10.9 Å². The zero-order chi connectivity index (χ0) is 14.5. The molecule has 3 aromatic rings. The second kappa shape index (κ2) is 6.26. The molecule has 0 saturated carbocycles. The van der Waals surface area contributed by atoms with Crippen molar-refractivity contribution in [3.05, 3.63) is 54.5 Å². The number of fused-ring (bicyclic) bond motifs is 1. The Hall–Kier alpha value is -2.56. The van der Waals surface area contributed by atoms with E-state index >= 15 is 0 Å². The first-order chi connectivity index (χ1) is 10.3. The van der Waals surface area contributed by atoms with Crippen LogP contribution in [0.15, 0.2) is 48.8 Å². The number of hydrogen-bond donors (Lipinski definition) is 2. The van der Waals surface area contributed by atoms with Crippen LogP contribution in [0, 0.1) is 0 Å². The lowest BCUT2D eigenvalue weighted by molar-refractivity contribution is -0.121. The van der Waals surface area contributed by atoms with E-state index in [-0.39, 0.29) is 5.91 Å². The number of H-pyrrole nitrogens is 1. The summed E-state index contributed by atoms with van der Waals surface area (Å²) in [5.41, 5.74) is 2.28. The van der Waals surface area contributed by atoms with Crippen molar-refractivity contribution in [2.75, 3.05) is 6.54 Å². The minimum Gasteiger partial charge on any atom is -0.358 e. The van der Waals surface area contributed by atoms with E-state index in [0.29, 0.717) is 19.5 Å². The lowest BCUT2D eigenvalue weighted by Crippen LogP contribution is -2.26. The normalized spacial score (nSPS) is 10.9. The molecule has 0 spiro atoms. The Morgan fingerprint density at radius 3 is 3.00 bits per heavy atom. The largest absolute Gasteiger partial charge is 0.358 e. The quantitative estimate of drug-likeness (QED) is 0.727. The highest BCUT2D eigenvalue weighted by molar-refractivity contribution is 5.80. The van der Waals surface area contributed by atoms with Gasteiger partial charge in [0.2, 0.25) is 5.91 Å². The van der Waals surface area contributed by atoms with Crippen molar-refractivity contribution in [3.8, 4) is 0 Å². The van der Waals surface area contributed by atoms with Gasteiger partial charge in [-0.3, -0.25) is 9.48 Å². The Morgan fingerprint density at radius 2 is 2.19 bits per heavy atom. The molecule has 108 valence electrons. The summed E-state index contributed by atoms with van der Waals surface area (Å²) in [6.07, 6.45) is 4.84. The van der Waals surface area contributed by atoms with E-state index in [9.17, 15) is 4.79 Å². The van der Waals surface area contributed by atoms with Crippen LogP contribution in [0.5, 0.6) is 0 Å². The van der Waals surface area contributed by atoms with Gasteiger partial charge in [-0.2, -0.15) is 5.10 Å². The van der Waals surface area contributed by atoms with Gasteiger partial charge in [-0.25, -0.2) is 0 Å². The van der Waals surface area contributed by atoms with E-state index in [4.69, 9.17) is 0 Å². The Kier molecular flexibility index (Phi) is 4.00. The van der Waals surface area contributed by atoms with E-state index < -0.39 is 0 Å². The summed E-state index contributed by atoms with van der Waals surface area (Å²) in [5.74, 6) is 0.0570. The summed E-state index contributed by atoms with van der Waals surface area (Å²) in [4.78, 5) is 15.1. The third-order valence-corrected chi connectivity index (χ3v) is 3.43. The summed E-state index contributed by atoms with van der Waals surface area (Å²) in [7, 11) is 0. The number of rotatable bonds is 6. The number of amides is 1. The fourth-order valence-corrected chi connectivity index (χ4v) is 2.34. The monoisotopic (exact) mass is 282 g/mol. The molecule has 1 amide bonds. The first kappa shape index (κ1) is 13.4. The van der Waals surface area contributed by atoms with Crippen LogP contribution >= 0.6 is 0 Å². The SMILES string of the molecule is O=C(CCn1cccn1)NCCc1cc2ccccc2[nH]1. The molecule has 5 heteroatoms. The van der Waals surface area contributed by atoms with Gasteiger partial charge < -0.3 is 10.3 Å². The molecule has 0 aliphatic heterocycles. The van der Waals surface area contributed by atoms with E-state index in [0.717, 1.165) is 17.6 Å². The highest BCUT2D eigenvalue weighted by Crippen LogP contribution is 2.14. The van der Waals surface area contributed by atoms with Crippen LogP contribution in [-0.4, -0.2) is 27.2 Å². The van der Waals surface area contributed by atoms with Gasteiger partial charge in [0, 0.05) is 49.5 Å². The second-order valence-electron chi connectivity index (χ2n) is 5.00. The van der Waals surface area contributed by atoms with Crippen LogP contribution in [0.3, 0.4) is 0 Å². The first-order valence-electron chi connectivity index (χ1n) is 7.12. The molecule has 0 fully saturated rings. The number of carbonyl (C=O) groups is 1. The Bertz CT molecular complexity index is 682. The van der Waals surface area contributed by atoms with Crippen molar-refractivity contribution in [2.24, 2.45) is 0 Å². The number of benzene rings is 1. The number of aryl methyl sites for hydroxylation is 1. The zero-order valence-electron chi connectivity index (χ0n) is 11.7. The summed E-state index contributed by atoms with van der Waals surface area (Å²) < 4.78 is 1.76. The van der Waals surface area contributed by atoms with Gasteiger partial charge in [0.05, 0.1) is 0 Å². The van der Waals surface area contributed by atoms with Gasteiger partial charge in [0.15, 0.2) is 0 Å². The maximum atomic E-state index is 11.7. The Balaban J connectivity index is 1.44. The smallest absolute Gasteiger partial charge is 0.221 e. The van der Waals surface area contributed by atoms with Crippen molar-refractivity contribution in [1.29, 1.82) is 0 Å². The van der Waals surface area contributed by atoms with E-state index in [1.165, 1.54) is 5.39 Å². The van der Waals surface area contributed by atoms with Crippen LogP contribution in [0.1, 0.15) is 12.1 Å². The van der Waals surface area contributed by atoms with Gasteiger partial charge in [-0.1, -0.05) is 18.2 Å². The highest BCUT2D eigenvalue weighted by Gasteiger charge is 2.03. The molecule has 2 N–H and O–H groups in total. The van der Waals surface area contributed by atoms with Gasteiger partial charge in [0.25, 0.3) is 0 Å².